The Morgan fingerprint density at radius 3 is 2.14 bits per heavy atom. The molecule has 0 spiro atoms. The molecule has 0 saturated carbocycles. The number of hydrogen-bond acceptors (Lipinski definition) is 8. The summed E-state index contributed by atoms with van der Waals surface area (Å²) in [6.07, 6.45) is 0. The number of ether oxygens (including phenoxy) is 3. The number of para-hydroxylation sites is 2. The van der Waals surface area contributed by atoms with E-state index in [4.69, 9.17) is 14.2 Å². The largest absolute Gasteiger partial charge is 0.494 e. The van der Waals surface area contributed by atoms with Crippen molar-refractivity contribution in [2.45, 2.75) is 6.92 Å². The van der Waals surface area contributed by atoms with Gasteiger partial charge in [-0.05, 0) is 61.5 Å². The summed E-state index contributed by atoms with van der Waals surface area (Å²) < 4.78 is 15.3. The number of anilines is 2. The maximum Gasteiger partial charge on any atom is 0.344 e. The van der Waals surface area contributed by atoms with Crippen molar-refractivity contribution in [1.82, 2.24) is 0 Å². The third-order valence-corrected chi connectivity index (χ3v) is 4.63. The van der Waals surface area contributed by atoms with Gasteiger partial charge >= 0.3 is 11.7 Å². The summed E-state index contributed by atoms with van der Waals surface area (Å²) in [5.74, 6) is -1.20. The molecular formula is C25H23N3O8. The van der Waals surface area contributed by atoms with Crippen LogP contribution >= 0.6 is 0 Å². The third kappa shape index (κ3) is 7.55. The van der Waals surface area contributed by atoms with Gasteiger partial charge in [-0.2, -0.15) is 0 Å². The number of nitrogens with one attached hydrogen (secondary N) is 2. The zero-order chi connectivity index (χ0) is 25.9. The van der Waals surface area contributed by atoms with Gasteiger partial charge in [-0.25, -0.2) is 4.79 Å². The van der Waals surface area contributed by atoms with Gasteiger partial charge in [0.05, 0.1) is 11.5 Å². The van der Waals surface area contributed by atoms with E-state index in [9.17, 15) is 24.5 Å². The highest BCUT2D eigenvalue weighted by atomic mass is 16.6. The number of nitro groups is 1. The molecule has 2 amide bonds. The summed E-state index contributed by atoms with van der Waals surface area (Å²) >= 11 is 0. The van der Waals surface area contributed by atoms with Crippen molar-refractivity contribution in [3.05, 3.63) is 88.5 Å². The Labute approximate surface area is 206 Å². The van der Waals surface area contributed by atoms with E-state index in [2.05, 4.69) is 10.6 Å². The molecule has 2 N–H and O–H groups in total. The van der Waals surface area contributed by atoms with Gasteiger partial charge < -0.3 is 24.8 Å². The average Bonchev–Trinajstić information content (AvgIpc) is 2.88. The van der Waals surface area contributed by atoms with Crippen molar-refractivity contribution in [3.8, 4) is 11.5 Å². The lowest BCUT2D eigenvalue weighted by molar-refractivity contribution is -0.385. The SMILES string of the molecule is CCOc1ccc(NC(=O)c2ccc(NC(=O)COC(=O)COc3ccccc3[N+](=O)[O-])cc2)cc1. The lowest BCUT2D eigenvalue weighted by Crippen LogP contribution is -2.23. The van der Waals surface area contributed by atoms with Gasteiger partial charge in [0.2, 0.25) is 0 Å². The van der Waals surface area contributed by atoms with Crippen LogP contribution in [0.15, 0.2) is 72.8 Å². The van der Waals surface area contributed by atoms with Gasteiger partial charge in [0, 0.05) is 23.0 Å². The molecule has 0 fully saturated rings. The van der Waals surface area contributed by atoms with Crippen molar-refractivity contribution in [3.63, 3.8) is 0 Å². The molecule has 36 heavy (non-hydrogen) atoms. The smallest absolute Gasteiger partial charge is 0.344 e. The zero-order valence-corrected chi connectivity index (χ0v) is 19.3. The number of nitro benzene ring substituents is 1. The normalized spacial score (nSPS) is 10.1. The summed E-state index contributed by atoms with van der Waals surface area (Å²) in [4.78, 5) is 46.6. The maximum absolute atomic E-state index is 12.4. The van der Waals surface area contributed by atoms with Crippen molar-refractivity contribution >= 4 is 34.8 Å². The van der Waals surface area contributed by atoms with Crippen LogP contribution in [0.1, 0.15) is 17.3 Å². The van der Waals surface area contributed by atoms with Crippen molar-refractivity contribution in [1.29, 1.82) is 0 Å². The van der Waals surface area contributed by atoms with E-state index in [1.165, 1.54) is 48.5 Å². The molecule has 11 heteroatoms. The molecule has 0 radical (unpaired) electrons. The van der Waals surface area contributed by atoms with Crippen molar-refractivity contribution in [2.75, 3.05) is 30.5 Å². The molecule has 11 nitrogen and oxygen atoms in total. The Morgan fingerprint density at radius 2 is 1.47 bits per heavy atom. The molecule has 0 aliphatic carbocycles. The fourth-order valence-electron chi connectivity index (χ4n) is 2.96. The van der Waals surface area contributed by atoms with Crippen LogP contribution in [0.2, 0.25) is 0 Å². The van der Waals surface area contributed by atoms with Gasteiger partial charge in [0.25, 0.3) is 11.8 Å². The van der Waals surface area contributed by atoms with E-state index in [1.54, 1.807) is 24.3 Å². The molecule has 0 aromatic heterocycles. The molecule has 0 unspecified atom stereocenters. The van der Waals surface area contributed by atoms with Gasteiger partial charge in [-0.1, -0.05) is 12.1 Å². The van der Waals surface area contributed by atoms with E-state index in [0.717, 1.165) is 0 Å². The van der Waals surface area contributed by atoms with Gasteiger partial charge in [0.15, 0.2) is 19.0 Å². The Morgan fingerprint density at radius 1 is 0.833 bits per heavy atom. The first-order valence-corrected chi connectivity index (χ1v) is 10.8. The van der Waals surface area contributed by atoms with Crippen LogP contribution in [0, 0.1) is 10.1 Å². The number of nitrogens with zero attached hydrogens (tertiary/aromatic N) is 1. The first kappa shape index (κ1) is 25.7. The predicted octanol–water partition coefficient (Wildman–Crippen LogP) is 3.81. The summed E-state index contributed by atoms with van der Waals surface area (Å²) in [6.45, 7) is 1.25. The van der Waals surface area contributed by atoms with Gasteiger partial charge in [0.1, 0.15) is 5.75 Å². The molecule has 0 aliphatic rings. The number of benzene rings is 3. The monoisotopic (exact) mass is 493 g/mol. The Kier molecular flexibility index (Phi) is 8.93. The molecule has 0 heterocycles. The molecule has 3 rings (SSSR count). The quantitative estimate of drug-likeness (QED) is 0.233. The fourth-order valence-corrected chi connectivity index (χ4v) is 2.96. The minimum atomic E-state index is -0.871. The van der Waals surface area contributed by atoms with E-state index in [-0.39, 0.29) is 17.3 Å². The second-order valence-electron chi connectivity index (χ2n) is 7.21. The summed E-state index contributed by atoms with van der Waals surface area (Å²) in [6, 6.07) is 18.7. The Balaban J connectivity index is 1.43. The van der Waals surface area contributed by atoms with Crippen molar-refractivity contribution < 1.29 is 33.5 Å². The molecule has 0 aliphatic heterocycles. The Bertz CT molecular complexity index is 1230. The standard InChI is InChI=1S/C25H23N3O8/c1-2-34-20-13-11-19(12-14-20)27-25(31)17-7-9-18(10-8-17)26-23(29)15-36-24(30)16-35-22-6-4-3-5-21(22)28(32)33/h3-14H,2,15-16H2,1H3,(H,26,29)(H,27,31). The van der Waals surface area contributed by atoms with Gasteiger partial charge in [-0.3, -0.25) is 19.7 Å². The van der Waals surface area contributed by atoms with E-state index in [1.807, 2.05) is 6.92 Å². The molecule has 0 atom stereocenters. The number of rotatable bonds is 11. The second-order valence-corrected chi connectivity index (χ2v) is 7.21. The lowest BCUT2D eigenvalue weighted by atomic mass is 10.2. The van der Waals surface area contributed by atoms with Crippen LogP contribution in [-0.2, 0) is 14.3 Å². The Hall–Kier alpha value is -4.93. The number of carbonyl (C=O) groups excluding carboxylic acids is 3. The summed E-state index contributed by atoms with van der Waals surface area (Å²) in [5.41, 5.74) is 1.08. The first-order valence-electron chi connectivity index (χ1n) is 10.8. The predicted molar refractivity (Wildman–Crippen MR) is 130 cm³/mol. The van der Waals surface area contributed by atoms with E-state index < -0.39 is 30.0 Å². The maximum atomic E-state index is 12.4. The van der Waals surface area contributed by atoms with Crippen LogP contribution in [0.5, 0.6) is 11.5 Å². The lowest BCUT2D eigenvalue weighted by Gasteiger charge is -2.09. The highest BCUT2D eigenvalue weighted by Gasteiger charge is 2.16. The molecule has 186 valence electrons. The van der Waals surface area contributed by atoms with Crippen molar-refractivity contribution in [2.24, 2.45) is 0 Å². The third-order valence-electron chi connectivity index (χ3n) is 4.63. The topological polar surface area (TPSA) is 146 Å². The van der Waals surface area contributed by atoms with Crippen LogP contribution in [-0.4, -0.2) is 42.5 Å². The van der Waals surface area contributed by atoms with Crippen LogP contribution < -0.4 is 20.1 Å². The van der Waals surface area contributed by atoms with E-state index >= 15 is 0 Å². The van der Waals surface area contributed by atoms with Gasteiger partial charge in [-0.15, -0.1) is 0 Å². The summed E-state index contributed by atoms with van der Waals surface area (Å²) in [7, 11) is 0. The second kappa shape index (κ2) is 12.5. The minimum absolute atomic E-state index is 0.0875. The highest BCUT2D eigenvalue weighted by Crippen LogP contribution is 2.25. The molecule has 0 saturated heterocycles. The summed E-state index contributed by atoms with van der Waals surface area (Å²) in [5, 5.41) is 16.3. The highest BCUT2D eigenvalue weighted by molar-refractivity contribution is 6.04. The minimum Gasteiger partial charge on any atom is -0.494 e. The van der Waals surface area contributed by atoms with Crippen LogP contribution in [0.4, 0.5) is 17.1 Å². The van der Waals surface area contributed by atoms with Crippen LogP contribution in [0.3, 0.4) is 0 Å². The first-order chi connectivity index (χ1) is 17.4. The zero-order valence-electron chi connectivity index (χ0n) is 19.3. The number of carbonyl (C=O) groups is 3. The molecule has 3 aromatic carbocycles. The molecule has 0 bridgehead atoms. The molecular weight excluding hydrogens is 470 g/mol. The van der Waals surface area contributed by atoms with Crippen LogP contribution in [0.25, 0.3) is 0 Å². The fraction of sp³-hybridized carbons (Fsp3) is 0.160. The number of esters is 1. The number of hydrogen-bond donors (Lipinski definition) is 2. The molecule has 3 aromatic rings. The van der Waals surface area contributed by atoms with E-state index in [0.29, 0.717) is 29.3 Å². The average molecular weight is 493 g/mol. The number of amides is 2.